The van der Waals surface area contributed by atoms with Crippen LogP contribution < -0.4 is 0 Å². The van der Waals surface area contributed by atoms with E-state index >= 15 is 0 Å². The molecule has 0 bridgehead atoms. The monoisotopic (exact) mass is 266 g/mol. The number of benzene rings is 2. The van der Waals surface area contributed by atoms with Crippen LogP contribution in [-0.2, 0) is 11.2 Å². The van der Waals surface area contributed by atoms with E-state index in [2.05, 4.69) is 49.4 Å². The second kappa shape index (κ2) is 5.40. The second-order valence-corrected chi connectivity index (χ2v) is 6.40. The van der Waals surface area contributed by atoms with E-state index in [1.54, 1.807) is 0 Å². The zero-order valence-corrected chi connectivity index (χ0v) is 12.2. The summed E-state index contributed by atoms with van der Waals surface area (Å²) in [5, 5.41) is 2.47. The lowest BCUT2D eigenvalue weighted by atomic mass is 9.71. The molecule has 0 radical (unpaired) electrons. The SMILES string of the molecule is CC1(C(=O)Cc2ccc3ccccc3c2)CCCCC1. The van der Waals surface area contributed by atoms with Gasteiger partial charge in [-0.05, 0) is 29.2 Å². The van der Waals surface area contributed by atoms with Crippen LogP contribution in [0.25, 0.3) is 10.8 Å². The summed E-state index contributed by atoms with van der Waals surface area (Å²) in [6.45, 7) is 2.16. The van der Waals surface area contributed by atoms with Crippen molar-refractivity contribution in [1.29, 1.82) is 0 Å². The minimum Gasteiger partial charge on any atom is -0.299 e. The standard InChI is InChI=1S/C19H22O/c1-19(11-5-2-6-12-19)18(20)14-15-9-10-16-7-3-4-8-17(16)13-15/h3-4,7-10,13H,2,5-6,11-12,14H2,1H3. The molecule has 0 saturated heterocycles. The largest absolute Gasteiger partial charge is 0.299 e. The highest BCUT2D eigenvalue weighted by Gasteiger charge is 2.33. The van der Waals surface area contributed by atoms with Gasteiger partial charge in [-0.25, -0.2) is 0 Å². The fourth-order valence-electron chi connectivity index (χ4n) is 3.36. The Hall–Kier alpha value is -1.63. The van der Waals surface area contributed by atoms with E-state index in [1.807, 2.05) is 0 Å². The molecule has 1 fully saturated rings. The quantitative estimate of drug-likeness (QED) is 0.770. The van der Waals surface area contributed by atoms with Gasteiger partial charge in [-0.2, -0.15) is 0 Å². The zero-order valence-electron chi connectivity index (χ0n) is 12.2. The lowest BCUT2D eigenvalue weighted by Gasteiger charge is -2.32. The molecular weight excluding hydrogens is 244 g/mol. The molecule has 1 aliphatic carbocycles. The van der Waals surface area contributed by atoms with Gasteiger partial charge < -0.3 is 0 Å². The molecule has 0 heterocycles. The van der Waals surface area contributed by atoms with E-state index in [9.17, 15) is 4.79 Å². The van der Waals surface area contributed by atoms with Crippen molar-refractivity contribution in [2.75, 3.05) is 0 Å². The zero-order chi connectivity index (χ0) is 14.0. The maximum Gasteiger partial charge on any atom is 0.143 e. The predicted octanol–water partition coefficient (Wildman–Crippen LogP) is 4.92. The summed E-state index contributed by atoms with van der Waals surface area (Å²) < 4.78 is 0. The van der Waals surface area contributed by atoms with Gasteiger partial charge in [-0.1, -0.05) is 68.7 Å². The Morgan fingerprint density at radius 2 is 1.70 bits per heavy atom. The Labute approximate surface area is 121 Å². The van der Waals surface area contributed by atoms with Crippen LogP contribution in [-0.4, -0.2) is 5.78 Å². The molecule has 2 aromatic rings. The maximum atomic E-state index is 12.6. The summed E-state index contributed by atoms with van der Waals surface area (Å²) >= 11 is 0. The highest BCUT2D eigenvalue weighted by molar-refractivity contribution is 5.89. The Balaban J connectivity index is 1.80. The smallest absolute Gasteiger partial charge is 0.143 e. The Morgan fingerprint density at radius 3 is 2.45 bits per heavy atom. The van der Waals surface area contributed by atoms with Crippen molar-refractivity contribution < 1.29 is 4.79 Å². The average molecular weight is 266 g/mol. The van der Waals surface area contributed by atoms with E-state index in [0.29, 0.717) is 12.2 Å². The van der Waals surface area contributed by atoms with Crippen LogP contribution in [0.15, 0.2) is 42.5 Å². The number of ketones is 1. The lowest BCUT2D eigenvalue weighted by molar-refractivity contribution is -0.128. The van der Waals surface area contributed by atoms with Crippen molar-refractivity contribution >= 4 is 16.6 Å². The van der Waals surface area contributed by atoms with Crippen molar-refractivity contribution in [3.63, 3.8) is 0 Å². The summed E-state index contributed by atoms with van der Waals surface area (Å²) in [7, 11) is 0. The van der Waals surface area contributed by atoms with E-state index in [4.69, 9.17) is 0 Å². The first-order valence-corrected chi connectivity index (χ1v) is 7.68. The molecule has 0 aromatic heterocycles. The van der Waals surface area contributed by atoms with Crippen molar-refractivity contribution in [3.8, 4) is 0 Å². The molecule has 1 aliphatic rings. The van der Waals surface area contributed by atoms with Crippen molar-refractivity contribution in [1.82, 2.24) is 0 Å². The normalized spacial score (nSPS) is 18.1. The van der Waals surface area contributed by atoms with Gasteiger partial charge in [-0.15, -0.1) is 0 Å². The molecule has 1 heteroatoms. The molecule has 2 aromatic carbocycles. The minimum absolute atomic E-state index is 0.0795. The molecule has 0 spiro atoms. The molecule has 104 valence electrons. The van der Waals surface area contributed by atoms with E-state index in [0.717, 1.165) is 18.4 Å². The summed E-state index contributed by atoms with van der Waals surface area (Å²) in [6.07, 6.45) is 6.43. The first-order valence-electron chi connectivity index (χ1n) is 7.68. The van der Waals surface area contributed by atoms with Gasteiger partial charge in [0.25, 0.3) is 0 Å². The fraction of sp³-hybridized carbons (Fsp3) is 0.421. The minimum atomic E-state index is -0.0795. The molecule has 0 atom stereocenters. The van der Waals surface area contributed by atoms with Gasteiger partial charge in [-0.3, -0.25) is 4.79 Å². The van der Waals surface area contributed by atoms with Crippen LogP contribution in [0.3, 0.4) is 0 Å². The van der Waals surface area contributed by atoms with E-state index < -0.39 is 0 Å². The third-order valence-corrected chi connectivity index (χ3v) is 4.81. The molecule has 0 amide bonds. The van der Waals surface area contributed by atoms with E-state index in [1.165, 1.54) is 30.0 Å². The Morgan fingerprint density at radius 1 is 1.00 bits per heavy atom. The summed E-state index contributed by atoms with van der Waals surface area (Å²) in [6, 6.07) is 14.7. The summed E-state index contributed by atoms with van der Waals surface area (Å²) in [5.74, 6) is 0.424. The van der Waals surface area contributed by atoms with Crippen LogP contribution in [0, 0.1) is 5.41 Å². The first-order chi connectivity index (χ1) is 9.67. The third kappa shape index (κ3) is 2.63. The highest BCUT2D eigenvalue weighted by atomic mass is 16.1. The van der Waals surface area contributed by atoms with Gasteiger partial charge in [0.1, 0.15) is 5.78 Å². The lowest BCUT2D eigenvalue weighted by Crippen LogP contribution is -2.31. The molecule has 3 rings (SSSR count). The summed E-state index contributed by atoms with van der Waals surface area (Å²) in [4.78, 5) is 12.6. The van der Waals surface area contributed by atoms with Gasteiger partial charge in [0.15, 0.2) is 0 Å². The van der Waals surface area contributed by atoms with Gasteiger partial charge in [0, 0.05) is 11.8 Å². The number of fused-ring (bicyclic) bond motifs is 1. The second-order valence-electron chi connectivity index (χ2n) is 6.40. The van der Waals surface area contributed by atoms with Gasteiger partial charge in [0.2, 0.25) is 0 Å². The molecular formula is C19H22O. The maximum absolute atomic E-state index is 12.6. The van der Waals surface area contributed by atoms with Crippen LogP contribution in [0.5, 0.6) is 0 Å². The fourth-order valence-corrected chi connectivity index (χ4v) is 3.36. The van der Waals surface area contributed by atoms with Crippen molar-refractivity contribution in [2.24, 2.45) is 5.41 Å². The van der Waals surface area contributed by atoms with E-state index in [-0.39, 0.29) is 5.41 Å². The molecule has 20 heavy (non-hydrogen) atoms. The molecule has 0 aliphatic heterocycles. The predicted molar refractivity (Wildman–Crippen MR) is 83.9 cm³/mol. The number of carbonyl (C=O) groups excluding carboxylic acids is 1. The molecule has 0 unspecified atom stereocenters. The van der Waals surface area contributed by atoms with Crippen molar-refractivity contribution in [2.45, 2.75) is 45.4 Å². The van der Waals surface area contributed by atoms with Crippen molar-refractivity contribution in [3.05, 3.63) is 48.0 Å². The highest BCUT2D eigenvalue weighted by Crippen LogP contribution is 2.37. The Kier molecular flexibility index (Phi) is 3.60. The van der Waals surface area contributed by atoms with Gasteiger partial charge in [0.05, 0.1) is 0 Å². The number of Topliss-reactive ketones (excluding diaryl/α,β-unsaturated/α-hetero) is 1. The van der Waals surface area contributed by atoms with Crippen LogP contribution in [0.4, 0.5) is 0 Å². The van der Waals surface area contributed by atoms with Gasteiger partial charge >= 0.3 is 0 Å². The Bertz CT molecular complexity index is 620. The number of hydrogen-bond acceptors (Lipinski definition) is 1. The first kappa shape index (κ1) is 13.4. The topological polar surface area (TPSA) is 17.1 Å². The molecule has 1 nitrogen and oxygen atoms in total. The summed E-state index contributed by atoms with van der Waals surface area (Å²) in [5.41, 5.74) is 1.07. The van der Waals surface area contributed by atoms with Crippen LogP contribution in [0.1, 0.15) is 44.6 Å². The molecule has 1 saturated carbocycles. The number of rotatable bonds is 3. The average Bonchev–Trinajstić information content (AvgIpc) is 2.48. The third-order valence-electron chi connectivity index (χ3n) is 4.81. The molecule has 0 N–H and O–H groups in total. The van der Waals surface area contributed by atoms with Crippen LogP contribution in [0.2, 0.25) is 0 Å². The number of hydrogen-bond donors (Lipinski definition) is 0. The van der Waals surface area contributed by atoms with Crippen LogP contribution >= 0.6 is 0 Å². The number of carbonyl (C=O) groups is 1.